The van der Waals surface area contributed by atoms with E-state index in [0.29, 0.717) is 11.1 Å². The number of halogens is 6. The smallest absolute Gasteiger partial charge is 0.438 e. The molecule has 0 radical (unpaired) electrons. The molecule has 4 rings (SSSR count). The molecule has 33 heavy (non-hydrogen) atoms. The summed E-state index contributed by atoms with van der Waals surface area (Å²) in [7, 11) is -5.85. The van der Waals surface area contributed by atoms with Gasteiger partial charge in [0.1, 0.15) is 5.75 Å². The molecule has 12 heteroatoms. The molecule has 3 aliphatic rings. The van der Waals surface area contributed by atoms with Crippen LogP contribution in [0.1, 0.15) is 43.2 Å². The van der Waals surface area contributed by atoms with Crippen LogP contribution >= 0.6 is 0 Å². The van der Waals surface area contributed by atoms with Crippen LogP contribution in [0.2, 0.25) is 0 Å². The fourth-order valence-corrected chi connectivity index (χ4v) is 5.61. The third-order valence-electron chi connectivity index (χ3n) is 6.14. The molecule has 0 saturated heterocycles. The number of allylic oxidation sites excluding steroid dienone is 4. The van der Waals surface area contributed by atoms with E-state index in [4.69, 9.17) is 4.55 Å². The Balaban J connectivity index is 2.11. The average molecular weight is 498 g/mol. The fraction of sp³-hybridized carbons (Fsp3) is 0.476. The molecule has 0 spiro atoms. The number of fused-ring (bicyclic) bond motifs is 1. The monoisotopic (exact) mass is 498 g/mol. The van der Waals surface area contributed by atoms with Crippen molar-refractivity contribution in [1.29, 1.82) is 0 Å². The third-order valence-corrected chi connectivity index (χ3v) is 6.91. The van der Waals surface area contributed by atoms with E-state index in [-0.39, 0.29) is 6.42 Å². The summed E-state index contributed by atoms with van der Waals surface area (Å²) in [5.41, 5.74) is -2.62. The maximum Gasteiger partial charge on any atom is 0.438 e. The first-order valence-electron chi connectivity index (χ1n) is 9.77. The standard InChI is InChI=1S/C21H20F6O5S/c1-3-6-12-11(2)15-9-16(17(12)14-8-5-4-7-13(14)15)18(28)32-19(20(22,23)24,21(25,26)27)10-33(29,30)31/h3-8,15-17H,9-10H2,1-2H3,(H,29,30,31)/b6-3-. The van der Waals surface area contributed by atoms with Crippen LogP contribution in [0.4, 0.5) is 26.3 Å². The van der Waals surface area contributed by atoms with Gasteiger partial charge < -0.3 is 4.74 Å². The summed E-state index contributed by atoms with van der Waals surface area (Å²) in [6.45, 7) is 3.45. The molecule has 1 aromatic carbocycles. The molecule has 182 valence electrons. The van der Waals surface area contributed by atoms with Gasteiger partial charge in [0.05, 0.1) is 5.92 Å². The van der Waals surface area contributed by atoms with Crippen molar-refractivity contribution in [2.75, 3.05) is 5.75 Å². The number of alkyl halides is 6. The molecule has 0 amide bonds. The zero-order chi connectivity index (χ0) is 25.0. The van der Waals surface area contributed by atoms with Crippen molar-refractivity contribution >= 4 is 16.1 Å². The molecular formula is C21H20F6O5S. The quantitative estimate of drug-likeness (QED) is 0.348. The van der Waals surface area contributed by atoms with Crippen molar-refractivity contribution in [2.24, 2.45) is 5.92 Å². The van der Waals surface area contributed by atoms with Gasteiger partial charge in [0.15, 0.2) is 0 Å². The highest BCUT2D eigenvalue weighted by molar-refractivity contribution is 7.85. The number of carbonyl (C=O) groups excluding carboxylic acids is 1. The van der Waals surface area contributed by atoms with Gasteiger partial charge in [0.25, 0.3) is 10.1 Å². The summed E-state index contributed by atoms with van der Waals surface area (Å²) in [5, 5.41) is 0. The van der Waals surface area contributed by atoms with Crippen molar-refractivity contribution in [2.45, 2.75) is 50.1 Å². The predicted octanol–water partition coefficient (Wildman–Crippen LogP) is 5.07. The first kappa shape index (κ1) is 25.3. The molecule has 0 aliphatic heterocycles. The summed E-state index contributed by atoms with van der Waals surface area (Å²) in [5.74, 6) is -7.48. The van der Waals surface area contributed by atoms with Gasteiger partial charge in [0, 0.05) is 11.8 Å². The lowest BCUT2D eigenvalue weighted by Crippen LogP contribution is -2.64. The van der Waals surface area contributed by atoms with E-state index in [1.54, 1.807) is 50.3 Å². The highest BCUT2D eigenvalue weighted by Gasteiger charge is 2.76. The second-order valence-electron chi connectivity index (χ2n) is 8.11. The second-order valence-corrected chi connectivity index (χ2v) is 9.56. The molecule has 0 heterocycles. The number of hydrogen-bond donors (Lipinski definition) is 1. The predicted molar refractivity (Wildman–Crippen MR) is 105 cm³/mol. The molecule has 0 aromatic heterocycles. The molecule has 2 bridgehead atoms. The maximum atomic E-state index is 13.6. The Morgan fingerprint density at radius 2 is 1.67 bits per heavy atom. The summed E-state index contributed by atoms with van der Waals surface area (Å²) >= 11 is 0. The van der Waals surface area contributed by atoms with Gasteiger partial charge in [-0.2, -0.15) is 34.8 Å². The minimum absolute atomic E-state index is 0.106. The molecule has 0 fully saturated rings. The number of hydrogen-bond acceptors (Lipinski definition) is 4. The van der Waals surface area contributed by atoms with Gasteiger partial charge >= 0.3 is 23.9 Å². The largest absolute Gasteiger partial charge is 0.438 e. The van der Waals surface area contributed by atoms with Crippen LogP contribution in [0.5, 0.6) is 0 Å². The molecule has 3 aliphatic carbocycles. The van der Waals surface area contributed by atoms with Crippen molar-refractivity contribution in [3.63, 3.8) is 0 Å². The molecule has 5 nitrogen and oxygen atoms in total. The van der Waals surface area contributed by atoms with Crippen LogP contribution in [0.3, 0.4) is 0 Å². The lowest BCUT2D eigenvalue weighted by Gasteiger charge is -2.45. The third kappa shape index (κ3) is 4.30. The first-order valence-corrected chi connectivity index (χ1v) is 11.4. The SMILES string of the molecule is C/C=C\C1=C(C)C2CC(C(=O)OC(CS(=O)(=O)O)(C(F)(F)F)C(F)(F)F)C1c1ccccc12. The van der Waals surface area contributed by atoms with E-state index < -0.39 is 57.5 Å². The summed E-state index contributed by atoms with van der Waals surface area (Å²) < 4.78 is 117. The van der Waals surface area contributed by atoms with Crippen LogP contribution in [-0.2, 0) is 19.6 Å². The minimum Gasteiger partial charge on any atom is -0.438 e. The van der Waals surface area contributed by atoms with Crippen LogP contribution in [0.25, 0.3) is 0 Å². The topological polar surface area (TPSA) is 80.7 Å². The van der Waals surface area contributed by atoms with E-state index in [1.807, 2.05) is 0 Å². The van der Waals surface area contributed by atoms with Gasteiger partial charge in [-0.3, -0.25) is 9.35 Å². The van der Waals surface area contributed by atoms with Gasteiger partial charge in [-0.15, -0.1) is 0 Å². The number of carbonyl (C=O) groups is 1. The Hall–Kier alpha value is -2.34. The van der Waals surface area contributed by atoms with Gasteiger partial charge in [-0.25, -0.2) is 0 Å². The number of rotatable bonds is 5. The van der Waals surface area contributed by atoms with Crippen LogP contribution in [-0.4, -0.2) is 42.6 Å². The molecule has 3 atom stereocenters. The second kappa shape index (κ2) is 8.15. The van der Waals surface area contributed by atoms with Crippen molar-refractivity contribution in [3.05, 3.63) is 58.7 Å². The molecule has 1 N–H and O–H groups in total. The Bertz CT molecular complexity index is 1100. The van der Waals surface area contributed by atoms with Gasteiger partial charge in [-0.1, -0.05) is 42.0 Å². The normalized spacial score (nSPS) is 23.7. The number of benzene rings is 1. The fourth-order valence-electron chi connectivity index (χ4n) is 4.71. The highest BCUT2D eigenvalue weighted by Crippen LogP contribution is 2.57. The van der Waals surface area contributed by atoms with Crippen molar-refractivity contribution in [1.82, 2.24) is 0 Å². The maximum absolute atomic E-state index is 13.6. The highest BCUT2D eigenvalue weighted by atomic mass is 32.2. The zero-order valence-electron chi connectivity index (χ0n) is 17.4. The van der Waals surface area contributed by atoms with E-state index >= 15 is 0 Å². The van der Waals surface area contributed by atoms with Crippen molar-refractivity contribution in [3.8, 4) is 0 Å². The minimum atomic E-state index is -6.36. The van der Waals surface area contributed by atoms with E-state index in [2.05, 4.69) is 4.74 Å². The Morgan fingerprint density at radius 3 is 2.15 bits per heavy atom. The zero-order valence-corrected chi connectivity index (χ0v) is 18.2. The number of esters is 1. The Kier molecular flexibility index (Phi) is 6.25. The Morgan fingerprint density at radius 1 is 1.12 bits per heavy atom. The van der Waals surface area contributed by atoms with Gasteiger partial charge in [0.2, 0.25) is 0 Å². The average Bonchev–Trinajstić information content (AvgIpc) is 2.67. The van der Waals surface area contributed by atoms with E-state index in [9.17, 15) is 39.6 Å². The molecule has 0 saturated carbocycles. The summed E-state index contributed by atoms with van der Waals surface area (Å²) in [6, 6.07) is 6.79. The van der Waals surface area contributed by atoms with Crippen molar-refractivity contribution < 1.29 is 48.8 Å². The van der Waals surface area contributed by atoms with Crippen LogP contribution in [0, 0.1) is 5.92 Å². The van der Waals surface area contributed by atoms with Gasteiger partial charge in [-0.05, 0) is 37.0 Å². The lowest BCUT2D eigenvalue weighted by atomic mass is 9.59. The molecular weight excluding hydrogens is 478 g/mol. The Labute approximate surface area is 185 Å². The molecule has 3 unspecified atom stereocenters. The lowest BCUT2D eigenvalue weighted by molar-refractivity contribution is -0.362. The van der Waals surface area contributed by atoms with Crippen LogP contribution < -0.4 is 0 Å². The van der Waals surface area contributed by atoms with E-state index in [0.717, 1.165) is 11.1 Å². The summed E-state index contributed by atoms with van der Waals surface area (Å²) in [6.07, 6.45) is -9.55. The molecule has 1 aromatic rings. The van der Waals surface area contributed by atoms with Crippen LogP contribution in [0.15, 0.2) is 47.6 Å². The van der Waals surface area contributed by atoms with E-state index in [1.165, 1.54) is 0 Å². The number of ether oxygens (including phenoxy) is 1. The first-order chi connectivity index (χ1) is 15.0. The summed E-state index contributed by atoms with van der Waals surface area (Å²) in [4.78, 5) is 12.9.